The highest BCUT2D eigenvalue weighted by Gasteiger charge is 2.25. The number of anilines is 1. The number of nitrogens with zero attached hydrogens (tertiary/aromatic N) is 3. The number of hydrogen-bond donors (Lipinski definition) is 1. The third-order valence-corrected chi connectivity index (χ3v) is 7.19. The fourth-order valence-electron chi connectivity index (χ4n) is 3.94. The van der Waals surface area contributed by atoms with Gasteiger partial charge in [0.2, 0.25) is 5.91 Å². The van der Waals surface area contributed by atoms with Crippen molar-refractivity contribution in [2.45, 2.75) is 39.3 Å². The molecule has 0 saturated carbocycles. The zero-order valence-corrected chi connectivity index (χ0v) is 23.1. The number of urea groups is 1. The summed E-state index contributed by atoms with van der Waals surface area (Å²) in [5, 5.41) is 14.0. The minimum absolute atomic E-state index is 0.0594. The number of hydrogen-bond acceptors (Lipinski definition) is 6. The topological polar surface area (TPSA) is 94.9 Å². The van der Waals surface area contributed by atoms with Crippen molar-refractivity contribution in [2.24, 2.45) is 0 Å². The highest BCUT2D eigenvalue weighted by Crippen LogP contribution is 2.28. The molecule has 8 nitrogen and oxygen atoms in total. The first-order chi connectivity index (χ1) is 18.4. The lowest BCUT2D eigenvalue weighted by molar-refractivity contribution is -0.132. The van der Waals surface area contributed by atoms with Crippen molar-refractivity contribution in [1.82, 2.24) is 9.80 Å². The molecular weight excluding hydrogens is 500 g/mol. The van der Waals surface area contributed by atoms with Crippen LogP contribution < -0.4 is 14.8 Å². The first-order valence-electron chi connectivity index (χ1n) is 12.5. The van der Waals surface area contributed by atoms with Gasteiger partial charge in [0.15, 0.2) is 11.5 Å². The summed E-state index contributed by atoms with van der Waals surface area (Å²) in [7, 11) is 3.19. The van der Waals surface area contributed by atoms with Crippen LogP contribution >= 0.6 is 11.3 Å². The Hall–Kier alpha value is -4.03. The van der Waals surface area contributed by atoms with Crippen molar-refractivity contribution in [3.05, 3.63) is 76.0 Å². The van der Waals surface area contributed by atoms with Crippen molar-refractivity contribution >= 4 is 29.0 Å². The normalized spacial score (nSPS) is 11.2. The van der Waals surface area contributed by atoms with E-state index in [4.69, 9.17) is 14.7 Å². The maximum Gasteiger partial charge on any atom is 0.322 e. The summed E-state index contributed by atoms with van der Waals surface area (Å²) in [6.45, 7) is 4.78. The summed E-state index contributed by atoms with van der Waals surface area (Å²) in [5.41, 5.74) is 1.98. The first-order valence-corrected chi connectivity index (χ1v) is 13.3. The van der Waals surface area contributed by atoms with Crippen LogP contribution in [-0.2, 0) is 17.8 Å². The minimum atomic E-state index is -0.376. The van der Waals surface area contributed by atoms with Gasteiger partial charge in [0.05, 0.1) is 32.4 Å². The Bertz CT molecular complexity index is 1260. The van der Waals surface area contributed by atoms with Crippen LogP contribution in [0.15, 0.2) is 60.0 Å². The molecule has 3 rings (SSSR count). The fraction of sp³-hybridized carbons (Fsp3) is 0.345. The van der Waals surface area contributed by atoms with Gasteiger partial charge in [0, 0.05) is 23.2 Å². The van der Waals surface area contributed by atoms with E-state index in [1.165, 1.54) is 0 Å². The Morgan fingerprint density at radius 3 is 2.53 bits per heavy atom. The molecule has 0 radical (unpaired) electrons. The van der Waals surface area contributed by atoms with Crippen molar-refractivity contribution in [1.29, 1.82) is 5.26 Å². The van der Waals surface area contributed by atoms with Gasteiger partial charge in [0.1, 0.15) is 6.54 Å². The number of rotatable bonds is 12. The monoisotopic (exact) mass is 534 g/mol. The number of carbonyl (C=O) groups is 2. The Labute approximate surface area is 228 Å². The van der Waals surface area contributed by atoms with Crippen LogP contribution in [0.3, 0.4) is 0 Å². The van der Waals surface area contributed by atoms with Crippen molar-refractivity contribution in [3.8, 4) is 17.6 Å². The van der Waals surface area contributed by atoms with E-state index in [-0.39, 0.29) is 24.5 Å². The second-order valence-corrected chi connectivity index (χ2v) is 9.87. The van der Waals surface area contributed by atoms with Crippen LogP contribution in [0.2, 0.25) is 0 Å². The summed E-state index contributed by atoms with van der Waals surface area (Å²) in [6, 6.07) is 18.0. The number of nitriles is 1. The Balaban J connectivity index is 1.76. The average Bonchev–Trinajstić information content (AvgIpc) is 3.46. The minimum Gasteiger partial charge on any atom is -0.493 e. The predicted molar refractivity (Wildman–Crippen MR) is 150 cm³/mol. The van der Waals surface area contributed by atoms with Crippen LogP contribution in [0.25, 0.3) is 0 Å². The number of thiophene rings is 1. The fourth-order valence-corrected chi connectivity index (χ4v) is 4.66. The largest absolute Gasteiger partial charge is 0.493 e. The average molecular weight is 535 g/mol. The number of ether oxygens (including phenoxy) is 2. The lowest BCUT2D eigenvalue weighted by atomic mass is 10.1. The summed E-state index contributed by atoms with van der Waals surface area (Å²) >= 11 is 1.59. The Kier molecular flexibility index (Phi) is 10.6. The van der Waals surface area contributed by atoms with Crippen LogP contribution in [0.4, 0.5) is 10.5 Å². The molecule has 0 unspecified atom stereocenters. The molecule has 0 saturated heterocycles. The van der Waals surface area contributed by atoms with E-state index in [9.17, 15) is 9.59 Å². The zero-order valence-electron chi connectivity index (χ0n) is 22.3. The van der Waals surface area contributed by atoms with Crippen molar-refractivity contribution in [2.75, 3.05) is 32.6 Å². The second-order valence-electron chi connectivity index (χ2n) is 8.84. The SMILES string of the molecule is CC[C@@H](C)N(CC(=O)N(CCc1ccc(OC)c(OC)c1)Cc1cccs1)C(=O)Nc1cccc(C#N)c1. The summed E-state index contributed by atoms with van der Waals surface area (Å²) < 4.78 is 10.8. The maximum atomic E-state index is 13.6. The molecule has 0 spiro atoms. The third kappa shape index (κ3) is 7.73. The van der Waals surface area contributed by atoms with Gasteiger partial charge in [0.25, 0.3) is 0 Å². The molecule has 0 bridgehead atoms. The van der Waals surface area contributed by atoms with Crippen LogP contribution in [0.1, 0.15) is 36.3 Å². The lowest BCUT2D eigenvalue weighted by Crippen LogP contribution is -2.48. The second kappa shape index (κ2) is 14.1. The highest BCUT2D eigenvalue weighted by atomic mass is 32.1. The van der Waals surface area contributed by atoms with E-state index in [2.05, 4.69) is 11.4 Å². The predicted octanol–water partition coefficient (Wildman–Crippen LogP) is 5.54. The summed E-state index contributed by atoms with van der Waals surface area (Å²) in [4.78, 5) is 31.3. The van der Waals surface area contributed by atoms with E-state index in [0.29, 0.717) is 48.7 Å². The first kappa shape index (κ1) is 28.5. The molecule has 0 aliphatic carbocycles. The lowest BCUT2D eigenvalue weighted by Gasteiger charge is -2.31. The molecule has 9 heteroatoms. The van der Waals surface area contributed by atoms with Crippen LogP contribution in [0, 0.1) is 11.3 Å². The van der Waals surface area contributed by atoms with E-state index in [1.54, 1.807) is 59.6 Å². The maximum absolute atomic E-state index is 13.6. The third-order valence-electron chi connectivity index (χ3n) is 6.33. The molecule has 1 N–H and O–H groups in total. The smallest absolute Gasteiger partial charge is 0.322 e. The van der Waals surface area contributed by atoms with Crippen molar-refractivity contribution < 1.29 is 19.1 Å². The van der Waals surface area contributed by atoms with Crippen molar-refractivity contribution in [3.63, 3.8) is 0 Å². The molecule has 0 fully saturated rings. The van der Waals surface area contributed by atoms with Gasteiger partial charge >= 0.3 is 6.03 Å². The number of methoxy groups -OCH3 is 2. The van der Waals surface area contributed by atoms with E-state index in [1.807, 2.05) is 49.6 Å². The van der Waals surface area contributed by atoms with Gasteiger partial charge in [-0.3, -0.25) is 4.79 Å². The van der Waals surface area contributed by atoms with Gasteiger partial charge in [-0.15, -0.1) is 11.3 Å². The number of carbonyl (C=O) groups excluding carboxylic acids is 2. The standard InChI is InChI=1S/C29H34N4O4S/c1-5-21(2)33(29(35)31-24-9-6-8-23(16-24)18-30)20-28(34)32(19-25-10-7-15-38-25)14-13-22-11-12-26(36-3)27(17-22)37-4/h6-12,15-17,21H,5,13-14,19-20H2,1-4H3,(H,31,35)/t21-/m1/s1. The van der Waals surface area contributed by atoms with Gasteiger partial charge in [-0.1, -0.05) is 25.1 Å². The highest BCUT2D eigenvalue weighted by molar-refractivity contribution is 7.09. The molecule has 38 heavy (non-hydrogen) atoms. The van der Waals surface area contributed by atoms with E-state index < -0.39 is 0 Å². The quantitative estimate of drug-likeness (QED) is 0.329. The molecule has 2 aromatic carbocycles. The van der Waals surface area contributed by atoms with E-state index >= 15 is 0 Å². The Morgan fingerprint density at radius 1 is 1.08 bits per heavy atom. The number of amides is 3. The molecule has 3 aromatic rings. The molecular formula is C29H34N4O4S. The van der Waals surface area contributed by atoms with Gasteiger partial charge in [-0.05, 0) is 67.1 Å². The summed E-state index contributed by atoms with van der Waals surface area (Å²) in [5.74, 6) is 1.15. The van der Waals surface area contributed by atoms with E-state index in [0.717, 1.165) is 10.4 Å². The van der Waals surface area contributed by atoms with Gasteiger partial charge in [-0.2, -0.15) is 5.26 Å². The van der Waals surface area contributed by atoms with Gasteiger partial charge in [-0.25, -0.2) is 4.79 Å². The number of benzene rings is 2. The van der Waals surface area contributed by atoms with Gasteiger partial charge < -0.3 is 24.6 Å². The number of nitrogens with one attached hydrogen (secondary N) is 1. The Morgan fingerprint density at radius 2 is 1.87 bits per heavy atom. The molecule has 1 heterocycles. The molecule has 1 atom stereocenters. The zero-order chi connectivity index (χ0) is 27.5. The van der Waals surface area contributed by atoms with Crippen LogP contribution in [0.5, 0.6) is 11.5 Å². The molecule has 0 aliphatic heterocycles. The molecule has 200 valence electrons. The molecule has 1 aromatic heterocycles. The summed E-state index contributed by atoms with van der Waals surface area (Å²) in [6.07, 6.45) is 1.31. The molecule has 3 amide bonds. The molecule has 0 aliphatic rings. The van der Waals surface area contributed by atoms with Crippen LogP contribution in [-0.4, -0.2) is 55.1 Å².